The average molecular weight is 401 g/mol. The Labute approximate surface area is 173 Å². The number of ether oxygens (including phenoxy) is 1. The third-order valence-electron chi connectivity index (χ3n) is 5.54. The van der Waals surface area contributed by atoms with Crippen LogP contribution in [-0.4, -0.2) is 51.3 Å². The molecule has 4 heterocycles. The van der Waals surface area contributed by atoms with E-state index < -0.39 is 0 Å². The maximum absolute atomic E-state index is 12.4. The van der Waals surface area contributed by atoms with Crippen LogP contribution in [0.25, 0.3) is 33.4 Å². The van der Waals surface area contributed by atoms with Crippen LogP contribution < -0.4 is 10.3 Å². The second-order valence-electron chi connectivity index (χ2n) is 7.56. The van der Waals surface area contributed by atoms with Gasteiger partial charge in [-0.1, -0.05) is 0 Å². The quantitative estimate of drug-likeness (QED) is 0.517. The first-order chi connectivity index (χ1) is 14.8. The van der Waals surface area contributed by atoms with Crippen LogP contribution in [0, 0.1) is 0 Å². The standard InChI is InChI=1S/C23H23N5O2/c29-23-19(15-21(26-27-23)16-5-7-24-8-6-16)22-13-17-3-4-18(14-20(17)25-22)30-12-11-28-9-1-2-10-28/h3-8,13-15,25H,1-2,9-12H2,(H,27,29). The zero-order chi connectivity index (χ0) is 20.3. The summed E-state index contributed by atoms with van der Waals surface area (Å²) < 4.78 is 5.95. The molecule has 2 N–H and O–H groups in total. The lowest BCUT2D eigenvalue weighted by Crippen LogP contribution is -2.25. The predicted octanol–water partition coefficient (Wildman–Crippen LogP) is 3.45. The van der Waals surface area contributed by atoms with Crippen LogP contribution in [-0.2, 0) is 0 Å². The van der Waals surface area contributed by atoms with Crippen molar-refractivity contribution in [2.24, 2.45) is 0 Å². The molecule has 1 aliphatic heterocycles. The van der Waals surface area contributed by atoms with E-state index in [1.165, 1.54) is 25.9 Å². The molecular formula is C23H23N5O2. The van der Waals surface area contributed by atoms with Gasteiger partial charge < -0.3 is 9.72 Å². The van der Waals surface area contributed by atoms with Crippen LogP contribution in [0.2, 0.25) is 0 Å². The second kappa shape index (κ2) is 8.12. The first-order valence-electron chi connectivity index (χ1n) is 10.2. The number of likely N-dealkylation sites (tertiary alicyclic amines) is 1. The molecule has 0 spiro atoms. The van der Waals surface area contributed by atoms with Gasteiger partial charge in [0.25, 0.3) is 5.56 Å². The van der Waals surface area contributed by atoms with E-state index in [4.69, 9.17) is 4.74 Å². The van der Waals surface area contributed by atoms with E-state index in [1.807, 2.05) is 36.4 Å². The Bertz CT molecular complexity index is 1210. The molecule has 0 atom stereocenters. The minimum Gasteiger partial charge on any atom is -0.492 e. The molecular weight excluding hydrogens is 378 g/mol. The highest BCUT2D eigenvalue weighted by atomic mass is 16.5. The molecule has 5 rings (SSSR count). The molecule has 0 radical (unpaired) electrons. The van der Waals surface area contributed by atoms with E-state index in [1.54, 1.807) is 18.5 Å². The minimum atomic E-state index is -0.235. The van der Waals surface area contributed by atoms with Crippen molar-refractivity contribution in [1.82, 2.24) is 25.1 Å². The van der Waals surface area contributed by atoms with Gasteiger partial charge in [0.1, 0.15) is 12.4 Å². The molecule has 0 amide bonds. The van der Waals surface area contributed by atoms with Crippen LogP contribution in [0.4, 0.5) is 0 Å². The van der Waals surface area contributed by atoms with Gasteiger partial charge in [0.15, 0.2) is 0 Å². The van der Waals surface area contributed by atoms with Gasteiger partial charge in [-0.05, 0) is 62.3 Å². The van der Waals surface area contributed by atoms with Crippen LogP contribution >= 0.6 is 0 Å². The summed E-state index contributed by atoms with van der Waals surface area (Å²) >= 11 is 0. The van der Waals surface area contributed by atoms with E-state index in [2.05, 4.69) is 25.1 Å². The van der Waals surface area contributed by atoms with Gasteiger partial charge in [0.2, 0.25) is 0 Å². The monoisotopic (exact) mass is 401 g/mol. The molecule has 1 aromatic carbocycles. The van der Waals surface area contributed by atoms with Crippen molar-refractivity contribution in [3.05, 3.63) is 65.2 Å². The van der Waals surface area contributed by atoms with E-state index in [9.17, 15) is 4.79 Å². The number of fused-ring (bicyclic) bond motifs is 1. The number of aromatic amines is 2. The Hall–Kier alpha value is -3.45. The van der Waals surface area contributed by atoms with Gasteiger partial charge in [-0.15, -0.1) is 0 Å². The van der Waals surface area contributed by atoms with Crippen molar-refractivity contribution >= 4 is 10.9 Å². The van der Waals surface area contributed by atoms with Gasteiger partial charge in [0.05, 0.1) is 17.0 Å². The summed E-state index contributed by atoms with van der Waals surface area (Å²) in [5.74, 6) is 0.830. The van der Waals surface area contributed by atoms with Gasteiger partial charge in [0, 0.05) is 41.5 Å². The Morgan fingerprint density at radius 3 is 2.70 bits per heavy atom. The molecule has 152 valence electrons. The van der Waals surface area contributed by atoms with E-state index in [0.29, 0.717) is 17.9 Å². The Morgan fingerprint density at radius 2 is 1.87 bits per heavy atom. The highest BCUT2D eigenvalue weighted by Crippen LogP contribution is 2.27. The fourth-order valence-corrected chi connectivity index (χ4v) is 3.92. The van der Waals surface area contributed by atoms with Crippen molar-refractivity contribution in [2.75, 3.05) is 26.2 Å². The highest BCUT2D eigenvalue weighted by molar-refractivity contribution is 5.87. The summed E-state index contributed by atoms with van der Waals surface area (Å²) in [6, 6.07) is 13.5. The number of nitrogens with zero attached hydrogens (tertiary/aromatic N) is 3. The molecule has 1 aliphatic rings. The Morgan fingerprint density at radius 1 is 1.03 bits per heavy atom. The summed E-state index contributed by atoms with van der Waals surface area (Å²) in [7, 11) is 0. The lowest BCUT2D eigenvalue weighted by atomic mass is 10.1. The average Bonchev–Trinajstić information content (AvgIpc) is 3.44. The first kappa shape index (κ1) is 18.6. The number of pyridine rings is 1. The van der Waals surface area contributed by atoms with Crippen molar-refractivity contribution in [2.45, 2.75) is 12.8 Å². The summed E-state index contributed by atoms with van der Waals surface area (Å²) in [5, 5.41) is 7.79. The maximum atomic E-state index is 12.4. The largest absolute Gasteiger partial charge is 0.492 e. The molecule has 4 aromatic rings. The number of benzene rings is 1. The minimum absolute atomic E-state index is 0.235. The molecule has 0 bridgehead atoms. The topological polar surface area (TPSA) is 86.9 Å². The summed E-state index contributed by atoms with van der Waals surface area (Å²) in [5.41, 5.74) is 3.58. The Balaban J connectivity index is 1.39. The van der Waals surface area contributed by atoms with Gasteiger partial charge in [-0.2, -0.15) is 5.10 Å². The third-order valence-corrected chi connectivity index (χ3v) is 5.54. The van der Waals surface area contributed by atoms with E-state index >= 15 is 0 Å². The van der Waals surface area contributed by atoms with Gasteiger partial charge in [-0.3, -0.25) is 14.7 Å². The smallest absolute Gasteiger partial charge is 0.273 e. The Kier molecular flexibility index (Phi) is 5.03. The molecule has 1 fully saturated rings. The van der Waals surface area contributed by atoms with Crippen molar-refractivity contribution < 1.29 is 4.74 Å². The first-order valence-corrected chi connectivity index (χ1v) is 10.2. The maximum Gasteiger partial charge on any atom is 0.273 e. The van der Waals surface area contributed by atoms with Gasteiger partial charge in [-0.25, -0.2) is 5.10 Å². The second-order valence-corrected chi connectivity index (χ2v) is 7.56. The van der Waals surface area contributed by atoms with Crippen LogP contribution in [0.3, 0.4) is 0 Å². The van der Waals surface area contributed by atoms with Gasteiger partial charge >= 0.3 is 0 Å². The molecule has 3 aromatic heterocycles. The molecule has 0 aliphatic carbocycles. The van der Waals surface area contributed by atoms with Crippen LogP contribution in [0.5, 0.6) is 5.75 Å². The lowest BCUT2D eigenvalue weighted by Gasteiger charge is -2.14. The molecule has 0 saturated carbocycles. The van der Waals surface area contributed by atoms with Crippen molar-refractivity contribution in [3.63, 3.8) is 0 Å². The number of hydrogen-bond acceptors (Lipinski definition) is 5. The molecule has 0 unspecified atom stereocenters. The normalized spacial score (nSPS) is 14.4. The third kappa shape index (κ3) is 3.84. The van der Waals surface area contributed by atoms with E-state index in [0.717, 1.165) is 34.5 Å². The zero-order valence-electron chi connectivity index (χ0n) is 16.6. The molecule has 7 heteroatoms. The zero-order valence-corrected chi connectivity index (χ0v) is 16.6. The number of H-pyrrole nitrogens is 2. The fraction of sp³-hybridized carbons (Fsp3) is 0.261. The lowest BCUT2D eigenvalue weighted by molar-refractivity contribution is 0.238. The number of hydrogen-bond donors (Lipinski definition) is 2. The summed E-state index contributed by atoms with van der Waals surface area (Å²) in [6.07, 6.45) is 5.98. The number of rotatable bonds is 6. The highest BCUT2D eigenvalue weighted by Gasteiger charge is 2.12. The molecule has 1 saturated heterocycles. The number of aromatic nitrogens is 4. The van der Waals surface area contributed by atoms with Crippen LogP contribution in [0.1, 0.15) is 12.8 Å². The predicted molar refractivity (Wildman–Crippen MR) is 117 cm³/mol. The summed E-state index contributed by atoms with van der Waals surface area (Å²) in [6.45, 7) is 3.98. The summed E-state index contributed by atoms with van der Waals surface area (Å²) in [4.78, 5) is 22.2. The molecule has 30 heavy (non-hydrogen) atoms. The van der Waals surface area contributed by atoms with Crippen molar-refractivity contribution in [1.29, 1.82) is 0 Å². The fourth-order valence-electron chi connectivity index (χ4n) is 3.92. The molecule has 7 nitrogen and oxygen atoms in total. The van der Waals surface area contributed by atoms with Crippen LogP contribution in [0.15, 0.2) is 59.7 Å². The number of nitrogens with one attached hydrogen (secondary N) is 2. The van der Waals surface area contributed by atoms with Crippen molar-refractivity contribution in [3.8, 4) is 28.3 Å². The SMILES string of the molecule is O=c1[nH]nc(-c2ccncc2)cc1-c1cc2ccc(OCCN3CCCC3)cc2[nH]1. The van der Waals surface area contributed by atoms with E-state index in [-0.39, 0.29) is 5.56 Å².